The van der Waals surface area contributed by atoms with Crippen LogP contribution in [0.2, 0.25) is 0 Å². The van der Waals surface area contributed by atoms with E-state index in [1.807, 2.05) is 0 Å². The molecule has 2 N–H and O–H groups in total. The molecule has 0 aromatic rings. The smallest absolute Gasteiger partial charge is 0.0233 e. The summed E-state index contributed by atoms with van der Waals surface area (Å²) in [5.41, 5.74) is 6.08. The van der Waals surface area contributed by atoms with E-state index in [1.54, 1.807) is 0 Å². The van der Waals surface area contributed by atoms with Crippen LogP contribution < -0.4 is 5.73 Å². The lowest BCUT2D eigenvalue weighted by molar-refractivity contribution is 0.362. The number of nitrogens with two attached hydrogens (primary N) is 1. The van der Waals surface area contributed by atoms with Crippen molar-refractivity contribution in [3.05, 3.63) is 0 Å². The third kappa shape index (κ3) is 0.517. The average molecular weight is 155 g/mol. The third-order valence-electron chi connectivity index (χ3n) is 3.63. The lowest BCUT2D eigenvalue weighted by atomic mass is 9.88. The van der Waals surface area contributed by atoms with Crippen LogP contribution in [0, 0.1) is 17.8 Å². The van der Waals surface area contributed by atoms with E-state index in [-0.39, 0.29) is 0 Å². The first kappa shape index (κ1) is 5.90. The van der Waals surface area contributed by atoms with Crippen molar-refractivity contribution in [3.63, 3.8) is 0 Å². The molecule has 0 aromatic heterocycles. The maximum Gasteiger partial charge on any atom is 0.0233 e. The summed E-state index contributed by atoms with van der Waals surface area (Å²) in [7, 11) is 0. The largest absolute Gasteiger partial charge is 0.326 e. The molecule has 1 heterocycles. The molecule has 2 bridgehead atoms. The Balaban J connectivity index is 2.00. The number of fused-ring (bicyclic) bond motifs is 1. The van der Waals surface area contributed by atoms with Crippen LogP contribution in [0.1, 0.15) is 12.8 Å². The molecule has 3 rings (SSSR count). The van der Waals surface area contributed by atoms with Crippen molar-refractivity contribution in [2.45, 2.75) is 24.1 Å². The lowest BCUT2D eigenvalue weighted by Crippen LogP contribution is -2.37. The van der Waals surface area contributed by atoms with Gasteiger partial charge in [-0.1, -0.05) is 0 Å². The van der Waals surface area contributed by atoms with Gasteiger partial charge in [-0.05, 0) is 36.3 Å². The Morgan fingerprint density at radius 2 is 2.10 bits per heavy atom. The van der Waals surface area contributed by atoms with Crippen LogP contribution in [-0.4, -0.2) is 17.0 Å². The zero-order valence-electron chi connectivity index (χ0n) is 5.99. The van der Waals surface area contributed by atoms with Gasteiger partial charge in [-0.3, -0.25) is 0 Å². The van der Waals surface area contributed by atoms with Crippen molar-refractivity contribution in [1.29, 1.82) is 0 Å². The van der Waals surface area contributed by atoms with E-state index < -0.39 is 0 Å². The fourth-order valence-electron chi connectivity index (χ4n) is 3.13. The van der Waals surface area contributed by atoms with Crippen LogP contribution >= 0.6 is 11.8 Å². The highest BCUT2D eigenvalue weighted by molar-refractivity contribution is 8.00. The van der Waals surface area contributed by atoms with Crippen LogP contribution in [0.25, 0.3) is 0 Å². The Kier molecular flexibility index (Phi) is 1.02. The first-order valence-electron chi connectivity index (χ1n) is 4.23. The SMILES string of the molecule is N[C@@H]1[C@@H]2C[C@H]3CS[C@H]1[C@H]3C2. The summed E-state index contributed by atoms with van der Waals surface area (Å²) in [5.74, 6) is 4.43. The van der Waals surface area contributed by atoms with E-state index in [4.69, 9.17) is 5.73 Å². The van der Waals surface area contributed by atoms with Gasteiger partial charge >= 0.3 is 0 Å². The first-order valence-corrected chi connectivity index (χ1v) is 5.28. The van der Waals surface area contributed by atoms with E-state index in [1.165, 1.54) is 18.6 Å². The molecule has 2 heteroatoms. The topological polar surface area (TPSA) is 26.0 Å². The summed E-state index contributed by atoms with van der Waals surface area (Å²) in [6.07, 6.45) is 2.92. The van der Waals surface area contributed by atoms with Crippen molar-refractivity contribution < 1.29 is 0 Å². The summed E-state index contributed by atoms with van der Waals surface area (Å²) in [4.78, 5) is 0. The Morgan fingerprint density at radius 1 is 1.20 bits per heavy atom. The van der Waals surface area contributed by atoms with Gasteiger partial charge in [0, 0.05) is 11.3 Å². The Hall–Kier alpha value is 0.310. The molecule has 0 radical (unpaired) electrons. The minimum absolute atomic E-state index is 0.564. The van der Waals surface area contributed by atoms with Gasteiger partial charge in [-0.2, -0.15) is 11.8 Å². The molecule has 10 heavy (non-hydrogen) atoms. The first-order chi connectivity index (χ1) is 4.86. The number of thioether (sulfide) groups is 1. The minimum Gasteiger partial charge on any atom is -0.326 e. The van der Waals surface area contributed by atoms with Gasteiger partial charge in [0.05, 0.1) is 0 Å². The van der Waals surface area contributed by atoms with Gasteiger partial charge < -0.3 is 5.73 Å². The lowest BCUT2D eigenvalue weighted by Gasteiger charge is -2.23. The quantitative estimate of drug-likeness (QED) is 0.566. The van der Waals surface area contributed by atoms with Gasteiger partial charge in [-0.25, -0.2) is 0 Å². The van der Waals surface area contributed by atoms with Gasteiger partial charge in [0.15, 0.2) is 0 Å². The van der Waals surface area contributed by atoms with Crippen LogP contribution in [0.15, 0.2) is 0 Å². The monoisotopic (exact) mass is 155 g/mol. The van der Waals surface area contributed by atoms with E-state index in [9.17, 15) is 0 Å². The molecule has 0 unspecified atom stereocenters. The van der Waals surface area contributed by atoms with Crippen LogP contribution in [0.5, 0.6) is 0 Å². The maximum atomic E-state index is 6.08. The molecule has 2 aliphatic carbocycles. The number of hydrogen-bond acceptors (Lipinski definition) is 2. The van der Waals surface area contributed by atoms with E-state index in [0.29, 0.717) is 6.04 Å². The molecule has 5 atom stereocenters. The molecule has 0 spiro atoms. The molecule has 0 amide bonds. The van der Waals surface area contributed by atoms with Gasteiger partial charge in [-0.15, -0.1) is 0 Å². The Morgan fingerprint density at radius 3 is 2.80 bits per heavy atom. The second kappa shape index (κ2) is 1.72. The van der Waals surface area contributed by atoms with E-state index >= 15 is 0 Å². The zero-order chi connectivity index (χ0) is 6.72. The number of hydrogen-bond donors (Lipinski definition) is 1. The molecule has 0 aromatic carbocycles. The van der Waals surface area contributed by atoms with Crippen LogP contribution in [0.3, 0.4) is 0 Å². The van der Waals surface area contributed by atoms with E-state index in [0.717, 1.165) is 23.0 Å². The highest BCUT2D eigenvalue weighted by atomic mass is 32.2. The molecule has 1 nitrogen and oxygen atoms in total. The highest BCUT2D eigenvalue weighted by Gasteiger charge is 2.54. The second-order valence-electron chi connectivity index (χ2n) is 4.03. The molecule has 2 saturated carbocycles. The second-order valence-corrected chi connectivity index (χ2v) is 5.24. The summed E-state index contributed by atoms with van der Waals surface area (Å²) in [6, 6.07) is 0.564. The molecular weight excluding hydrogens is 142 g/mol. The predicted molar refractivity (Wildman–Crippen MR) is 43.9 cm³/mol. The van der Waals surface area contributed by atoms with Crippen molar-refractivity contribution in [2.75, 3.05) is 5.75 Å². The van der Waals surface area contributed by atoms with E-state index in [2.05, 4.69) is 11.8 Å². The molecule has 1 aliphatic heterocycles. The molecule has 3 aliphatic rings. The Labute approximate surface area is 65.7 Å². The van der Waals surface area contributed by atoms with Crippen molar-refractivity contribution >= 4 is 11.8 Å². The summed E-state index contributed by atoms with van der Waals surface area (Å²) < 4.78 is 0. The van der Waals surface area contributed by atoms with Crippen LogP contribution in [0.4, 0.5) is 0 Å². The fourth-order valence-corrected chi connectivity index (χ4v) is 5.01. The van der Waals surface area contributed by atoms with Crippen LogP contribution in [-0.2, 0) is 0 Å². The summed E-state index contributed by atoms with van der Waals surface area (Å²) in [6.45, 7) is 0. The summed E-state index contributed by atoms with van der Waals surface area (Å²) >= 11 is 2.15. The summed E-state index contributed by atoms with van der Waals surface area (Å²) in [5, 5.41) is 0.865. The standard InChI is InChI=1S/C8H13NS/c9-7-4-1-5-3-10-8(7)6(5)2-4/h4-8H,1-3,9H2/t4-,5+,6+,7-,8+/m1/s1. The average Bonchev–Trinajstić information content (AvgIpc) is 2.43. The highest BCUT2D eigenvalue weighted by Crippen LogP contribution is 2.58. The van der Waals surface area contributed by atoms with Crippen molar-refractivity contribution in [3.8, 4) is 0 Å². The molecular formula is C8H13NS. The normalized spacial score (nSPS) is 63.9. The fraction of sp³-hybridized carbons (Fsp3) is 1.00. The van der Waals surface area contributed by atoms with Crippen molar-refractivity contribution in [2.24, 2.45) is 23.5 Å². The molecule has 1 saturated heterocycles. The van der Waals surface area contributed by atoms with Gasteiger partial charge in [0.2, 0.25) is 0 Å². The Bertz CT molecular complexity index is 169. The van der Waals surface area contributed by atoms with Gasteiger partial charge in [0.1, 0.15) is 0 Å². The molecule has 3 fully saturated rings. The minimum atomic E-state index is 0.564. The van der Waals surface area contributed by atoms with Crippen molar-refractivity contribution in [1.82, 2.24) is 0 Å². The maximum absolute atomic E-state index is 6.08. The van der Waals surface area contributed by atoms with Gasteiger partial charge in [0.25, 0.3) is 0 Å². The predicted octanol–water partition coefficient (Wildman–Crippen LogP) is 1.09. The zero-order valence-corrected chi connectivity index (χ0v) is 6.81. The molecule has 56 valence electrons. The third-order valence-corrected chi connectivity index (χ3v) is 5.30. The number of rotatable bonds is 0.